The molecule has 1 aromatic rings. The molecule has 7 heteroatoms. The zero-order valence-corrected chi connectivity index (χ0v) is 11.1. The molecular weight excluding hydrogens is 271 g/mol. The average molecular weight is 287 g/mol. The summed E-state index contributed by atoms with van der Waals surface area (Å²) in [6.45, 7) is 0.0733. The van der Waals surface area contributed by atoms with Crippen molar-refractivity contribution in [3.8, 4) is 0 Å². The van der Waals surface area contributed by atoms with Crippen LogP contribution in [0.25, 0.3) is 0 Å². The van der Waals surface area contributed by atoms with Crippen molar-refractivity contribution in [3.63, 3.8) is 0 Å². The Morgan fingerprint density at radius 2 is 2.25 bits per heavy atom. The maximum Gasteiger partial charge on any atom is 0.393 e. The van der Waals surface area contributed by atoms with Gasteiger partial charge in [-0.25, -0.2) is 4.98 Å². The van der Waals surface area contributed by atoms with Gasteiger partial charge in [0.1, 0.15) is 5.82 Å². The van der Waals surface area contributed by atoms with Crippen LogP contribution in [0.2, 0.25) is 0 Å². The number of rotatable bonds is 2. The Morgan fingerprint density at radius 1 is 1.50 bits per heavy atom. The summed E-state index contributed by atoms with van der Waals surface area (Å²) in [5.74, 6) is -1.46. The number of halogens is 3. The molecule has 2 heterocycles. The second-order valence-electron chi connectivity index (χ2n) is 4.78. The molecular formula is C13H16F3N3O. The number of carbonyl (C=O) groups is 1. The zero-order chi connectivity index (χ0) is 14.8. The van der Waals surface area contributed by atoms with Gasteiger partial charge in [-0.3, -0.25) is 4.79 Å². The zero-order valence-electron chi connectivity index (χ0n) is 11.1. The van der Waals surface area contributed by atoms with Crippen LogP contribution in [0.1, 0.15) is 23.2 Å². The van der Waals surface area contributed by atoms with Gasteiger partial charge in [-0.15, -0.1) is 0 Å². The van der Waals surface area contributed by atoms with E-state index in [0.717, 1.165) is 0 Å². The number of hydrogen-bond acceptors (Lipinski definition) is 3. The monoisotopic (exact) mass is 287 g/mol. The van der Waals surface area contributed by atoms with E-state index in [1.165, 1.54) is 11.1 Å². The molecule has 1 N–H and O–H groups in total. The van der Waals surface area contributed by atoms with E-state index in [-0.39, 0.29) is 13.0 Å². The number of hydrogen-bond donors (Lipinski definition) is 1. The normalized spacial score (nSPS) is 19.8. The lowest BCUT2D eigenvalue weighted by atomic mass is 9.97. The minimum atomic E-state index is -4.25. The number of piperidine rings is 1. The van der Waals surface area contributed by atoms with Crippen LogP contribution in [-0.2, 0) is 0 Å². The Balaban J connectivity index is 2.17. The third-order valence-corrected chi connectivity index (χ3v) is 3.45. The number of alkyl halides is 3. The number of nitrogens with zero attached hydrogens (tertiary/aromatic N) is 2. The summed E-state index contributed by atoms with van der Waals surface area (Å²) in [5.41, 5.74) is 0.304. The second-order valence-corrected chi connectivity index (χ2v) is 4.78. The number of amides is 1. The van der Waals surface area contributed by atoms with Crippen LogP contribution in [0.15, 0.2) is 18.3 Å². The standard InChI is InChI=1S/C13H16F3N3O/c1-17-11-10(5-2-6-18-11)12(20)19-7-3-4-9(8-19)13(14,15)16/h2,5-6,9H,3-4,7-8H2,1H3,(H,17,18). The summed E-state index contributed by atoms with van der Waals surface area (Å²) in [7, 11) is 1.62. The van der Waals surface area contributed by atoms with Crippen LogP contribution in [0.3, 0.4) is 0 Å². The van der Waals surface area contributed by atoms with Gasteiger partial charge in [0.05, 0.1) is 11.5 Å². The second kappa shape index (κ2) is 5.68. The third kappa shape index (κ3) is 3.02. The van der Waals surface area contributed by atoms with E-state index in [1.807, 2.05) is 0 Å². The summed E-state index contributed by atoms with van der Waals surface area (Å²) in [6, 6.07) is 3.16. The molecule has 1 atom stereocenters. The first-order chi connectivity index (χ1) is 9.43. The van der Waals surface area contributed by atoms with Crippen molar-refractivity contribution >= 4 is 11.7 Å². The predicted octanol–water partition coefficient (Wildman–Crippen LogP) is 2.54. The molecule has 110 valence electrons. The fraction of sp³-hybridized carbons (Fsp3) is 0.538. The van der Waals surface area contributed by atoms with Crippen LogP contribution >= 0.6 is 0 Å². The molecule has 20 heavy (non-hydrogen) atoms. The summed E-state index contributed by atoms with van der Waals surface area (Å²) in [5, 5.41) is 2.78. The van der Waals surface area contributed by atoms with Gasteiger partial charge >= 0.3 is 6.18 Å². The number of nitrogens with one attached hydrogen (secondary N) is 1. The highest BCUT2D eigenvalue weighted by Gasteiger charge is 2.42. The first kappa shape index (κ1) is 14.6. The van der Waals surface area contributed by atoms with Gasteiger partial charge in [0, 0.05) is 26.3 Å². The fourth-order valence-corrected chi connectivity index (χ4v) is 2.38. The Hall–Kier alpha value is -1.79. The van der Waals surface area contributed by atoms with Crippen molar-refractivity contribution in [1.82, 2.24) is 9.88 Å². The first-order valence-corrected chi connectivity index (χ1v) is 6.42. The summed E-state index contributed by atoms with van der Waals surface area (Å²) in [4.78, 5) is 17.6. The Labute approximate surface area is 115 Å². The van der Waals surface area contributed by atoms with Gasteiger partial charge in [0.25, 0.3) is 5.91 Å². The molecule has 1 amide bonds. The highest BCUT2D eigenvalue weighted by Crippen LogP contribution is 2.33. The summed E-state index contributed by atoms with van der Waals surface area (Å²) >= 11 is 0. The molecule has 1 unspecified atom stereocenters. The molecule has 2 rings (SSSR count). The van der Waals surface area contributed by atoms with Crippen molar-refractivity contribution in [2.45, 2.75) is 19.0 Å². The highest BCUT2D eigenvalue weighted by atomic mass is 19.4. The number of aromatic nitrogens is 1. The molecule has 0 spiro atoms. The van der Waals surface area contributed by atoms with Gasteiger partial charge in [-0.1, -0.05) is 0 Å². The van der Waals surface area contributed by atoms with Crippen LogP contribution in [0.5, 0.6) is 0 Å². The van der Waals surface area contributed by atoms with Crippen LogP contribution in [0, 0.1) is 5.92 Å². The number of pyridine rings is 1. The lowest BCUT2D eigenvalue weighted by molar-refractivity contribution is -0.184. The lowest BCUT2D eigenvalue weighted by Gasteiger charge is -2.34. The molecule has 1 fully saturated rings. The van der Waals surface area contributed by atoms with Gasteiger partial charge in [-0.2, -0.15) is 13.2 Å². The van der Waals surface area contributed by atoms with Crippen molar-refractivity contribution in [2.75, 3.05) is 25.5 Å². The molecule has 0 radical (unpaired) electrons. The van der Waals surface area contributed by atoms with Crippen LogP contribution in [0.4, 0.5) is 19.0 Å². The fourth-order valence-electron chi connectivity index (χ4n) is 2.38. The van der Waals surface area contributed by atoms with E-state index < -0.39 is 18.0 Å². The molecule has 1 aliphatic rings. The maximum atomic E-state index is 12.8. The number of anilines is 1. The molecule has 4 nitrogen and oxygen atoms in total. The molecule has 0 aliphatic carbocycles. The first-order valence-electron chi connectivity index (χ1n) is 6.42. The van der Waals surface area contributed by atoms with Crippen molar-refractivity contribution in [3.05, 3.63) is 23.9 Å². The molecule has 1 saturated heterocycles. The van der Waals surface area contributed by atoms with E-state index in [9.17, 15) is 18.0 Å². The van der Waals surface area contributed by atoms with E-state index in [4.69, 9.17) is 0 Å². The van der Waals surface area contributed by atoms with E-state index >= 15 is 0 Å². The third-order valence-electron chi connectivity index (χ3n) is 3.45. The van der Waals surface area contributed by atoms with Gasteiger partial charge < -0.3 is 10.2 Å². The van der Waals surface area contributed by atoms with Gasteiger partial charge in [0.15, 0.2) is 0 Å². The molecule has 0 aromatic carbocycles. The molecule has 1 aromatic heterocycles. The van der Waals surface area contributed by atoms with Gasteiger partial charge in [0.2, 0.25) is 0 Å². The molecule has 0 saturated carbocycles. The number of carbonyl (C=O) groups excluding carboxylic acids is 1. The minimum Gasteiger partial charge on any atom is -0.372 e. The van der Waals surface area contributed by atoms with Crippen LogP contribution < -0.4 is 5.32 Å². The molecule has 1 aliphatic heterocycles. The Kier molecular flexibility index (Phi) is 4.15. The van der Waals surface area contributed by atoms with Crippen LogP contribution in [-0.4, -0.2) is 42.1 Å². The highest BCUT2D eigenvalue weighted by molar-refractivity contribution is 5.98. The van der Waals surface area contributed by atoms with E-state index in [1.54, 1.807) is 19.2 Å². The van der Waals surface area contributed by atoms with Gasteiger partial charge in [-0.05, 0) is 25.0 Å². The van der Waals surface area contributed by atoms with Crippen molar-refractivity contribution in [1.29, 1.82) is 0 Å². The summed E-state index contributed by atoms with van der Waals surface area (Å²) in [6.07, 6.45) is -2.28. The van der Waals surface area contributed by atoms with Crippen molar-refractivity contribution in [2.24, 2.45) is 5.92 Å². The van der Waals surface area contributed by atoms with E-state index in [2.05, 4.69) is 10.3 Å². The smallest absolute Gasteiger partial charge is 0.372 e. The lowest BCUT2D eigenvalue weighted by Crippen LogP contribution is -2.44. The Morgan fingerprint density at radius 3 is 2.90 bits per heavy atom. The largest absolute Gasteiger partial charge is 0.393 e. The number of likely N-dealkylation sites (tertiary alicyclic amines) is 1. The quantitative estimate of drug-likeness (QED) is 0.909. The summed E-state index contributed by atoms with van der Waals surface area (Å²) < 4.78 is 38.3. The Bertz CT molecular complexity index is 490. The molecule has 0 bridgehead atoms. The minimum absolute atomic E-state index is 0.0825. The predicted molar refractivity (Wildman–Crippen MR) is 68.5 cm³/mol. The van der Waals surface area contributed by atoms with E-state index in [0.29, 0.717) is 24.3 Å². The average Bonchev–Trinajstić information content (AvgIpc) is 2.45. The topological polar surface area (TPSA) is 45.2 Å². The van der Waals surface area contributed by atoms with Crippen molar-refractivity contribution < 1.29 is 18.0 Å². The SMILES string of the molecule is CNc1ncccc1C(=O)N1CCCC(C(F)(F)F)C1. The maximum absolute atomic E-state index is 12.8.